The number of methoxy groups -OCH3 is 1. The molecule has 0 aliphatic heterocycles. The molecule has 1 heterocycles. The van der Waals surface area contributed by atoms with Gasteiger partial charge in [-0.1, -0.05) is 11.6 Å². The Morgan fingerprint density at radius 2 is 2.31 bits per heavy atom. The third-order valence-corrected chi connectivity index (χ3v) is 2.19. The van der Waals surface area contributed by atoms with Crippen molar-refractivity contribution in [2.45, 2.75) is 13.0 Å². The minimum Gasteiger partial charge on any atom is -0.464 e. The first-order valence-electron chi connectivity index (χ1n) is 4.27. The molecule has 0 unspecified atom stereocenters. The number of ether oxygens (including phenoxy) is 1. The second kappa shape index (κ2) is 5.18. The van der Waals surface area contributed by atoms with Crippen LogP contribution in [-0.2, 0) is 11.3 Å². The van der Waals surface area contributed by atoms with Gasteiger partial charge in [-0.05, 0) is 6.07 Å². The van der Waals surface area contributed by atoms with Gasteiger partial charge in [-0.15, -0.1) is 0 Å². The number of carbonyl (C=O) groups is 1. The monoisotopic (exact) mass is 250 g/mol. The molecule has 16 heavy (non-hydrogen) atoms. The number of nitrogens with two attached hydrogens (primary N) is 1. The van der Waals surface area contributed by atoms with E-state index in [0.717, 1.165) is 7.11 Å². The van der Waals surface area contributed by atoms with Crippen molar-refractivity contribution in [3.63, 3.8) is 0 Å². The Hall–Kier alpha value is -1.27. The molecule has 0 spiro atoms. The summed E-state index contributed by atoms with van der Waals surface area (Å²) >= 11 is 5.57. The zero-order valence-corrected chi connectivity index (χ0v) is 9.09. The number of esters is 1. The Bertz CT molecular complexity index is 413. The number of rotatable bonds is 3. The predicted molar refractivity (Wildman–Crippen MR) is 53.4 cm³/mol. The molecule has 1 rings (SSSR count). The van der Waals surface area contributed by atoms with Crippen molar-refractivity contribution >= 4 is 17.6 Å². The van der Waals surface area contributed by atoms with Gasteiger partial charge in [0.25, 0.3) is 6.43 Å². The fourth-order valence-corrected chi connectivity index (χ4v) is 1.38. The van der Waals surface area contributed by atoms with E-state index in [-0.39, 0.29) is 22.8 Å². The van der Waals surface area contributed by atoms with E-state index in [1.165, 1.54) is 6.07 Å². The van der Waals surface area contributed by atoms with Crippen molar-refractivity contribution in [1.82, 2.24) is 4.98 Å². The number of aromatic nitrogens is 1. The maximum absolute atomic E-state index is 12.5. The molecule has 0 bridgehead atoms. The predicted octanol–water partition coefficient (Wildman–Crippen LogP) is 1.92. The Morgan fingerprint density at radius 1 is 1.69 bits per heavy atom. The van der Waals surface area contributed by atoms with E-state index in [2.05, 4.69) is 9.72 Å². The molecule has 2 N–H and O–H groups in total. The van der Waals surface area contributed by atoms with E-state index in [4.69, 9.17) is 17.3 Å². The number of hydrogen-bond acceptors (Lipinski definition) is 4. The summed E-state index contributed by atoms with van der Waals surface area (Å²) in [7, 11) is 1.13. The second-order valence-electron chi connectivity index (χ2n) is 2.86. The van der Waals surface area contributed by atoms with Crippen LogP contribution in [0.2, 0.25) is 5.02 Å². The summed E-state index contributed by atoms with van der Waals surface area (Å²) in [6.45, 7) is -0.0410. The lowest BCUT2D eigenvalue weighted by Crippen LogP contribution is -2.13. The number of halogens is 3. The van der Waals surface area contributed by atoms with E-state index in [1.807, 2.05) is 0 Å². The first kappa shape index (κ1) is 12.8. The normalized spacial score (nSPS) is 10.6. The summed E-state index contributed by atoms with van der Waals surface area (Å²) in [6.07, 6.45) is -2.86. The summed E-state index contributed by atoms with van der Waals surface area (Å²) in [6, 6.07) is 1.20. The molecule has 1 aromatic rings. The average Bonchev–Trinajstić information content (AvgIpc) is 2.27. The fraction of sp³-hybridized carbons (Fsp3) is 0.333. The minimum absolute atomic E-state index is 0.0410. The Labute approximate surface area is 95.4 Å². The van der Waals surface area contributed by atoms with Gasteiger partial charge in [-0.25, -0.2) is 18.6 Å². The van der Waals surface area contributed by atoms with E-state index >= 15 is 0 Å². The van der Waals surface area contributed by atoms with Gasteiger partial charge >= 0.3 is 5.97 Å². The SMILES string of the molecule is COC(=O)c1nc(C(F)F)c(Cl)cc1CN. The molecule has 0 radical (unpaired) electrons. The Morgan fingerprint density at radius 3 is 2.75 bits per heavy atom. The first-order valence-corrected chi connectivity index (χ1v) is 4.64. The molecule has 4 nitrogen and oxygen atoms in total. The molecule has 0 atom stereocenters. The van der Waals surface area contributed by atoms with E-state index in [1.54, 1.807) is 0 Å². The number of pyridine rings is 1. The summed E-state index contributed by atoms with van der Waals surface area (Å²) in [5.41, 5.74) is 4.72. The van der Waals surface area contributed by atoms with Crippen LogP contribution in [0, 0.1) is 0 Å². The van der Waals surface area contributed by atoms with Crippen LogP contribution in [0.1, 0.15) is 28.2 Å². The topological polar surface area (TPSA) is 65.2 Å². The van der Waals surface area contributed by atoms with Gasteiger partial charge in [-0.2, -0.15) is 0 Å². The highest BCUT2D eigenvalue weighted by Gasteiger charge is 2.21. The summed E-state index contributed by atoms with van der Waals surface area (Å²) in [4.78, 5) is 14.7. The fourth-order valence-electron chi connectivity index (χ4n) is 1.12. The number of alkyl halides is 2. The highest BCUT2D eigenvalue weighted by Crippen LogP contribution is 2.27. The summed E-state index contributed by atoms with van der Waals surface area (Å²) in [5.74, 6) is -0.820. The maximum Gasteiger partial charge on any atom is 0.356 e. The van der Waals surface area contributed by atoms with Gasteiger partial charge in [0.2, 0.25) is 0 Å². The molecule has 0 aliphatic carbocycles. The van der Waals surface area contributed by atoms with Crippen molar-refractivity contribution in [2.24, 2.45) is 5.73 Å². The Kier molecular flexibility index (Phi) is 4.14. The van der Waals surface area contributed by atoms with Gasteiger partial charge < -0.3 is 10.5 Å². The highest BCUT2D eigenvalue weighted by molar-refractivity contribution is 6.31. The van der Waals surface area contributed by atoms with Crippen LogP contribution in [0.25, 0.3) is 0 Å². The van der Waals surface area contributed by atoms with Crippen LogP contribution >= 0.6 is 11.6 Å². The molecule has 0 saturated heterocycles. The Balaban J connectivity index is 3.34. The third-order valence-electron chi connectivity index (χ3n) is 1.89. The van der Waals surface area contributed by atoms with Crippen LogP contribution in [0.5, 0.6) is 0 Å². The third kappa shape index (κ3) is 2.45. The lowest BCUT2D eigenvalue weighted by molar-refractivity contribution is 0.0591. The molecule has 0 amide bonds. The molecule has 1 aromatic heterocycles. The standard InChI is InChI=1S/C9H9ClF2N2O2/c1-16-9(15)6-4(3-13)2-5(10)7(14-6)8(11)12/h2,8H,3,13H2,1H3. The van der Waals surface area contributed by atoms with Gasteiger partial charge in [0.05, 0.1) is 12.1 Å². The van der Waals surface area contributed by atoms with Gasteiger partial charge in [0, 0.05) is 12.1 Å². The van der Waals surface area contributed by atoms with E-state index in [0.29, 0.717) is 0 Å². The molecule has 7 heteroatoms. The van der Waals surface area contributed by atoms with Crippen molar-refractivity contribution in [1.29, 1.82) is 0 Å². The zero-order chi connectivity index (χ0) is 12.3. The average molecular weight is 251 g/mol. The first-order chi connectivity index (χ1) is 7.51. The van der Waals surface area contributed by atoms with E-state index < -0.39 is 18.1 Å². The van der Waals surface area contributed by atoms with Gasteiger partial charge in [0.15, 0.2) is 5.69 Å². The number of carbonyl (C=O) groups excluding carboxylic acids is 1. The van der Waals surface area contributed by atoms with Gasteiger partial charge in [0.1, 0.15) is 5.69 Å². The van der Waals surface area contributed by atoms with E-state index in [9.17, 15) is 13.6 Å². The van der Waals surface area contributed by atoms with Crippen LogP contribution < -0.4 is 5.73 Å². The molecule has 0 aliphatic rings. The maximum atomic E-state index is 12.5. The highest BCUT2D eigenvalue weighted by atomic mass is 35.5. The van der Waals surface area contributed by atoms with Crippen molar-refractivity contribution in [3.8, 4) is 0 Å². The quantitative estimate of drug-likeness (QED) is 0.833. The van der Waals surface area contributed by atoms with Crippen molar-refractivity contribution < 1.29 is 18.3 Å². The van der Waals surface area contributed by atoms with Crippen LogP contribution in [0.4, 0.5) is 8.78 Å². The lowest BCUT2D eigenvalue weighted by Gasteiger charge is -2.09. The molecular weight excluding hydrogens is 242 g/mol. The summed E-state index contributed by atoms with van der Waals surface area (Å²) in [5, 5.41) is -0.219. The molecule has 0 fully saturated rings. The molecular formula is C9H9ClF2N2O2. The van der Waals surface area contributed by atoms with Gasteiger partial charge in [-0.3, -0.25) is 0 Å². The molecule has 88 valence electrons. The number of hydrogen-bond donors (Lipinski definition) is 1. The molecule has 0 aromatic carbocycles. The summed E-state index contributed by atoms with van der Waals surface area (Å²) < 4.78 is 29.4. The lowest BCUT2D eigenvalue weighted by atomic mass is 10.1. The second-order valence-corrected chi connectivity index (χ2v) is 3.27. The van der Waals surface area contributed by atoms with Crippen LogP contribution in [0.15, 0.2) is 6.07 Å². The largest absolute Gasteiger partial charge is 0.464 e. The molecule has 0 saturated carbocycles. The number of nitrogens with zero attached hydrogens (tertiary/aromatic N) is 1. The van der Waals surface area contributed by atoms with Crippen molar-refractivity contribution in [3.05, 3.63) is 28.0 Å². The minimum atomic E-state index is -2.86. The van der Waals surface area contributed by atoms with Crippen LogP contribution in [-0.4, -0.2) is 18.1 Å². The van der Waals surface area contributed by atoms with Crippen LogP contribution in [0.3, 0.4) is 0 Å². The van der Waals surface area contributed by atoms with Crippen molar-refractivity contribution in [2.75, 3.05) is 7.11 Å². The smallest absolute Gasteiger partial charge is 0.356 e. The zero-order valence-electron chi connectivity index (χ0n) is 8.34.